The topological polar surface area (TPSA) is 76.2 Å². The number of nitrogens with two attached hydrogens (primary N) is 1. The second kappa shape index (κ2) is 4.84. The van der Waals surface area contributed by atoms with Crippen molar-refractivity contribution in [3.63, 3.8) is 0 Å². The number of carboxylic acid groups (broad SMARTS) is 1. The first kappa shape index (κ1) is 12.7. The number of hydrogen-bond acceptors (Lipinski definition) is 3. The first-order chi connectivity index (χ1) is 8.49. The van der Waals surface area contributed by atoms with Gasteiger partial charge in [-0.3, -0.25) is 0 Å². The molecular formula is C12H8Cl2N2O2. The first-order valence-corrected chi connectivity index (χ1v) is 5.69. The largest absolute Gasteiger partial charge is 0.478 e. The quantitative estimate of drug-likeness (QED) is 0.886. The van der Waals surface area contributed by atoms with Crippen molar-refractivity contribution in [2.75, 3.05) is 5.73 Å². The smallest absolute Gasteiger partial charge is 0.339 e. The van der Waals surface area contributed by atoms with Crippen molar-refractivity contribution in [3.8, 4) is 11.1 Å². The van der Waals surface area contributed by atoms with Gasteiger partial charge in [-0.2, -0.15) is 0 Å². The van der Waals surface area contributed by atoms with E-state index in [1.807, 2.05) is 0 Å². The van der Waals surface area contributed by atoms with Crippen molar-refractivity contribution in [1.29, 1.82) is 0 Å². The minimum atomic E-state index is -1.12. The van der Waals surface area contributed by atoms with E-state index in [0.29, 0.717) is 15.6 Å². The van der Waals surface area contributed by atoms with E-state index in [1.165, 1.54) is 12.3 Å². The number of rotatable bonds is 2. The molecule has 0 radical (unpaired) electrons. The number of aromatic carboxylic acids is 1. The Labute approximate surface area is 113 Å². The molecule has 0 saturated heterocycles. The number of benzene rings is 1. The fraction of sp³-hybridized carbons (Fsp3) is 0. The molecule has 0 fully saturated rings. The lowest BCUT2D eigenvalue weighted by atomic mass is 10.1. The van der Waals surface area contributed by atoms with Crippen LogP contribution in [0.3, 0.4) is 0 Å². The molecule has 0 saturated carbocycles. The molecule has 1 heterocycles. The normalized spacial score (nSPS) is 10.3. The van der Waals surface area contributed by atoms with Gasteiger partial charge in [-0.05, 0) is 23.8 Å². The van der Waals surface area contributed by atoms with Gasteiger partial charge in [0.1, 0.15) is 11.4 Å². The van der Waals surface area contributed by atoms with E-state index in [9.17, 15) is 4.79 Å². The number of halogens is 2. The average Bonchev–Trinajstić information content (AvgIpc) is 2.33. The summed E-state index contributed by atoms with van der Waals surface area (Å²) in [6.45, 7) is 0. The standard InChI is InChI=1S/C12H8Cl2N2O2/c13-9-2-1-6(4-10(9)14)7-3-8(12(17)18)11(15)16-5-7/h1-5H,(H2,15,16)(H,17,18). The molecule has 18 heavy (non-hydrogen) atoms. The third kappa shape index (κ3) is 2.39. The predicted molar refractivity (Wildman–Crippen MR) is 71.1 cm³/mol. The van der Waals surface area contributed by atoms with Gasteiger partial charge in [-0.1, -0.05) is 29.3 Å². The number of aromatic nitrogens is 1. The van der Waals surface area contributed by atoms with Crippen LogP contribution in [0.15, 0.2) is 30.5 Å². The number of carbonyl (C=O) groups is 1. The van der Waals surface area contributed by atoms with Gasteiger partial charge >= 0.3 is 5.97 Å². The molecule has 3 N–H and O–H groups in total. The van der Waals surface area contributed by atoms with Gasteiger partial charge in [0.05, 0.1) is 10.0 Å². The third-order valence-electron chi connectivity index (χ3n) is 2.40. The van der Waals surface area contributed by atoms with Crippen molar-refractivity contribution in [3.05, 3.63) is 46.1 Å². The zero-order valence-corrected chi connectivity index (χ0v) is 10.5. The van der Waals surface area contributed by atoms with E-state index >= 15 is 0 Å². The Bertz CT molecular complexity index is 629. The maximum absolute atomic E-state index is 11.0. The summed E-state index contributed by atoms with van der Waals surface area (Å²) in [6.07, 6.45) is 1.49. The maximum atomic E-state index is 11.0. The Morgan fingerprint density at radius 3 is 2.50 bits per heavy atom. The predicted octanol–water partition coefficient (Wildman–Crippen LogP) is 3.34. The van der Waals surface area contributed by atoms with Gasteiger partial charge in [0.2, 0.25) is 0 Å². The average molecular weight is 283 g/mol. The highest BCUT2D eigenvalue weighted by Gasteiger charge is 2.11. The Hall–Kier alpha value is -1.78. The van der Waals surface area contributed by atoms with Gasteiger partial charge < -0.3 is 10.8 Å². The number of pyridine rings is 1. The van der Waals surface area contributed by atoms with Crippen molar-refractivity contribution in [2.24, 2.45) is 0 Å². The Kier molecular flexibility index (Phi) is 3.41. The molecule has 0 spiro atoms. The monoisotopic (exact) mass is 282 g/mol. The molecule has 2 rings (SSSR count). The third-order valence-corrected chi connectivity index (χ3v) is 3.14. The fourth-order valence-corrected chi connectivity index (χ4v) is 1.78. The SMILES string of the molecule is Nc1ncc(-c2ccc(Cl)c(Cl)c2)cc1C(=O)O. The molecule has 0 aliphatic heterocycles. The van der Waals surface area contributed by atoms with Crippen LogP contribution < -0.4 is 5.73 Å². The molecule has 0 aliphatic rings. The molecule has 6 heteroatoms. The molecule has 0 amide bonds. The van der Waals surface area contributed by atoms with Crippen LogP contribution in [0.5, 0.6) is 0 Å². The summed E-state index contributed by atoms with van der Waals surface area (Å²) in [5.41, 5.74) is 6.77. The summed E-state index contributed by atoms with van der Waals surface area (Å²) >= 11 is 11.7. The number of nitrogen functional groups attached to an aromatic ring is 1. The van der Waals surface area contributed by atoms with Gasteiger partial charge in [0, 0.05) is 11.8 Å². The van der Waals surface area contributed by atoms with Crippen molar-refractivity contribution < 1.29 is 9.90 Å². The molecule has 1 aromatic carbocycles. The number of carboxylic acids is 1. The van der Waals surface area contributed by atoms with Gasteiger partial charge in [-0.15, -0.1) is 0 Å². The van der Waals surface area contributed by atoms with Crippen LogP contribution in [0, 0.1) is 0 Å². The molecule has 92 valence electrons. The highest BCUT2D eigenvalue weighted by molar-refractivity contribution is 6.42. The van der Waals surface area contributed by atoms with Crippen molar-refractivity contribution in [2.45, 2.75) is 0 Å². The summed E-state index contributed by atoms with van der Waals surface area (Å²) in [4.78, 5) is 14.8. The summed E-state index contributed by atoms with van der Waals surface area (Å²) < 4.78 is 0. The van der Waals surface area contributed by atoms with Crippen molar-refractivity contribution in [1.82, 2.24) is 4.98 Å². The second-order valence-electron chi connectivity index (χ2n) is 3.59. The van der Waals surface area contributed by atoms with E-state index in [1.54, 1.807) is 18.2 Å². The van der Waals surface area contributed by atoms with Crippen LogP contribution in [-0.2, 0) is 0 Å². The zero-order valence-electron chi connectivity index (χ0n) is 9.02. The molecule has 0 atom stereocenters. The highest BCUT2D eigenvalue weighted by Crippen LogP contribution is 2.29. The summed E-state index contributed by atoms with van der Waals surface area (Å²) in [5, 5.41) is 9.79. The second-order valence-corrected chi connectivity index (χ2v) is 4.41. The van der Waals surface area contributed by atoms with E-state index in [4.69, 9.17) is 34.0 Å². The molecular weight excluding hydrogens is 275 g/mol. The van der Waals surface area contributed by atoms with Gasteiger partial charge in [-0.25, -0.2) is 9.78 Å². The minimum Gasteiger partial charge on any atom is -0.478 e. The highest BCUT2D eigenvalue weighted by atomic mass is 35.5. The maximum Gasteiger partial charge on any atom is 0.339 e. The first-order valence-electron chi connectivity index (χ1n) is 4.93. The van der Waals surface area contributed by atoms with Crippen molar-refractivity contribution >= 4 is 35.0 Å². The van der Waals surface area contributed by atoms with Crippen LogP contribution in [0.25, 0.3) is 11.1 Å². The minimum absolute atomic E-state index is 0.0219. The molecule has 2 aromatic rings. The van der Waals surface area contributed by atoms with Crippen LogP contribution in [-0.4, -0.2) is 16.1 Å². The molecule has 4 nitrogen and oxygen atoms in total. The van der Waals surface area contributed by atoms with Crippen LogP contribution in [0.2, 0.25) is 10.0 Å². The molecule has 0 unspecified atom stereocenters. The van der Waals surface area contributed by atoms with Crippen LogP contribution >= 0.6 is 23.2 Å². The molecule has 0 aliphatic carbocycles. The summed E-state index contributed by atoms with van der Waals surface area (Å²) in [6, 6.07) is 6.45. The Balaban J connectivity index is 2.54. The van der Waals surface area contributed by atoms with E-state index in [0.717, 1.165) is 5.56 Å². The summed E-state index contributed by atoms with van der Waals surface area (Å²) in [7, 11) is 0. The molecule has 0 bridgehead atoms. The van der Waals surface area contributed by atoms with Crippen LogP contribution in [0.1, 0.15) is 10.4 Å². The van der Waals surface area contributed by atoms with Crippen LogP contribution in [0.4, 0.5) is 5.82 Å². The number of hydrogen-bond donors (Lipinski definition) is 2. The van der Waals surface area contributed by atoms with E-state index in [-0.39, 0.29) is 11.4 Å². The van der Waals surface area contributed by atoms with E-state index in [2.05, 4.69) is 4.98 Å². The lowest BCUT2D eigenvalue weighted by Crippen LogP contribution is -2.04. The molecule has 1 aromatic heterocycles. The van der Waals surface area contributed by atoms with E-state index < -0.39 is 5.97 Å². The summed E-state index contributed by atoms with van der Waals surface area (Å²) in [5.74, 6) is -1.15. The number of anilines is 1. The zero-order chi connectivity index (χ0) is 13.3. The lowest BCUT2D eigenvalue weighted by molar-refractivity contribution is 0.0698. The Morgan fingerprint density at radius 1 is 1.17 bits per heavy atom. The van der Waals surface area contributed by atoms with Gasteiger partial charge in [0.25, 0.3) is 0 Å². The lowest BCUT2D eigenvalue weighted by Gasteiger charge is -2.06. The van der Waals surface area contributed by atoms with Gasteiger partial charge in [0.15, 0.2) is 0 Å². The fourth-order valence-electron chi connectivity index (χ4n) is 1.48. The Morgan fingerprint density at radius 2 is 1.89 bits per heavy atom. The number of nitrogens with zero attached hydrogens (tertiary/aromatic N) is 1.